The number of carbonyl (C=O) groups is 1. The van der Waals surface area contributed by atoms with Gasteiger partial charge < -0.3 is 5.32 Å². The molecular formula is C13H21N2O+. The molecule has 1 aromatic heterocycles. The van der Waals surface area contributed by atoms with Crippen LogP contribution in [0.25, 0.3) is 0 Å². The van der Waals surface area contributed by atoms with Crippen molar-refractivity contribution in [1.29, 1.82) is 0 Å². The molecule has 0 saturated carbocycles. The first-order valence-electron chi connectivity index (χ1n) is 5.81. The van der Waals surface area contributed by atoms with E-state index in [-0.39, 0.29) is 11.9 Å². The van der Waals surface area contributed by atoms with Crippen LogP contribution in [-0.4, -0.2) is 11.9 Å². The maximum atomic E-state index is 11.6. The molecule has 88 valence electrons. The molecule has 0 spiro atoms. The maximum absolute atomic E-state index is 11.6. The molecule has 1 aromatic rings. The van der Waals surface area contributed by atoms with Crippen molar-refractivity contribution in [2.45, 2.75) is 46.7 Å². The molecule has 0 aliphatic rings. The van der Waals surface area contributed by atoms with Gasteiger partial charge in [-0.1, -0.05) is 6.92 Å². The number of hydrogen-bond donors (Lipinski definition) is 1. The minimum absolute atomic E-state index is 0.0661. The minimum Gasteiger partial charge on any atom is -0.348 e. The largest absolute Gasteiger partial charge is 0.348 e. The van der Waals surface area contributed by atoms with E-state index in [1.54, 1.807) is 0 Å². The summed E-state index contributed by atoms with van der Waals surface area (Å²) in [4.78, 5) is 11.6. The fourth-order valence-electron chi connectivity index (χ4n) is 1.57. The van der Waals surface area contributed by atoms with Gasteiger partial charge in [0.05, 0.1) is 0 Å². The Balaban J connectivity index is 2.75. The van der Waals surface area contributed by atoms with Gasteiger partial charge in [0.15, 0.2) is 11.9 Å². The van der Waals surface area contributed by atoms with E-state index in [1.165, 1.54) is 5.56 Å². The second-order valence-electron chi connectivity index (χ2n) is 4.38. The summed E-state index contributed by atoms with van der Waals surface area (Å²) in [6, 6.07) is 4.36. The first-order chi connectivity index (χ1) is 7.52. The zero-order valence-corrected chi connectivity index (χ0v) is 10.6. The number of carbonyl (C=O) groups excluding carboxylic acids is 1. The molecule has 0 fully saturated rings. The maximum Gasteiger partial charge on any atom is 0.286 e. The van der Waals surface area contributed by atoms with Crippen molar-refractivity contribution in [2.75, 3.05) is 0 Å². The molecule has 3 heteroatoms. The summed E-state index contributed by atoms with van der Waals surface area (Å²) in [5.74, 6) is 0.0661. The predicted molar refractivity (Wildman–Crippen MR) is 64.0 cm³/mol. The molecule has 0 atom stereocenters. The molecule has 1 heterocycles. The number of hydrogen-bond acceptors (Lipinski definition) is 1. The van der Waals surface area contributed by atoms with Crippen molar-refractivity contribution in [3.8, 4) is 0 Å². The molecular weight excluding hydrogens is 200 g/mol. The van der Waals surface area contributed by atoms with Crippen molar-refractivity contribution in [1.82, 2.24) is 5.32 Å². The lowest BCUT2D eigenvalue weighted by Gasteiger charge is -2.07. The molecule has 0 aliphatic carbocycles. The number of amides is 1. The number of aryl methyl sites for hydroxylation is 2. The lowest BCUT2D eigenvalue weighted by molar-refractivity contribution is -0.690. The second kappa shape index (κ2) is 5.64. The van der Waals surface area contributed by atoms with E-state index in [2.05, 4.69) is 30.6 Å². The fourth-order valence-corrected chi connectivity index (χ4v) is 1.57. The molecule has 0 unspecified atom stereocenters. The van der Waals surface area contributed by atoms with Gasteiger partial charge in [-0.3, -0.25) is 4.79 Å². The van der Waals surface area contributed by atoms with E-state index in [1.807, 2.05) is 25.3 Å². The van der Waals surface area contributed by atoms with Gasteiger partial charge in [0.2, 0.25) is 6.54 Å². The SMILES string of the molecule is CCc1ccc(C)[n+](CC(=O)NC(C)C)c1. The van der Waals surface area contributed by atoms with Crippen LogP contribution in [0.5, 0.6) is 0 Å². The summed E-state index contributed by atoms with van der Waals surface area (Å²) >= 11 is 0. The van der Waals surface area contributed by atoms with E-state index in [0.717, 1.165) is 12.1 Å². The summed E-state index contributed by atoms with van der Waals surface area (Å²) in [7, 11) is 0. The molecule has 0 aromatic carbocycles. The summed E-state index contributed by atoms with van der Waals surface area (Å²) in [6.45, 7) is 8.47. The molecule has 0 radical (unpaired) electrons. The highest BCUT2D eigenvalue weighted by Crippen LogP contribution is 1.98. The van der Waals surface area contributed by atoms with E-state index >= 15 is 0 Å². The predicted octanol–water partition coefficient (Wildman–Crippen LogP) is 1.37. The van der Waals surface area contributed by atoms with Crippen molar-refractivity contribution in [3.63, 3.8) is 0 Å². The molecule has 1 amide bonds. The van der Waals surface area contributed by atoms with Gasteiger partial charge in [-0.15, -0.1) is 0 Å². The summed E-state index contributed by atoms with van der Waals surface area (Å²) in [5.41, 5.74) is 2.36. The molecule has 0 saturated heterocycles. The Kier molecular flexibility index (Phi) is 4.47. The summed E-state index contributed by atoms with van der Waals surface area (Å²) in [5, 5.41) is 2.90. The number of pyridine rings is 1. The van der Waals surface area contributed by atoms with Crippen LogP contribution in [0.2, 0.25) is 0 Å². The smallest absolute Gasteiger partial charge is 0.286 e. The van der Waals surface area contributed by atoms with Gasteiger partial charge in [0.1, 0.15) is 0 Å². The highest BCUT2D eigenvalue weighted by molar-refractivity contribution is 5.74. The average molecular weight is 221 g/mol. The van der Waals surface area contributed by atoms with Crippen LogP contribution in [0.15, 0.2) is 18.3 Å². The number of rotatable bonds is 4. The van der Waals surface area contributed by atoms with Crippen molar-refractivity contribution in [2.24, 2.45) is 0 Å². The van der Waals surface area contributed by atoms with Crippen molar-refractivity contribution in [3.05, 3.63) is 29.6 Å². The number of nitrogens with one attached hydrogen (secondary N) is 1. The molecule has 1 rings (SSSR count). The Bertz CT molecular complexity index is 372. The lowest BCUT2D eigenvalue weighted by atomic mass is 10.2. The van der Waals surface area contributed by atoms with E-state index < -0.39 is 0 Å². The number of nitrogens with zero attached hydrogens (tertiary/aromatic N) is 1. The molecule has 0 aliphatic heterocycles. The third-order valence-corrected chi connectivity index (χ3v) is 2.49. The molecule has 3 nitrogen and oxygen atoms in total. The van der Waals surface area contributed by atoms with Gasteiger partial charge in [-0.05, 0) is 26.3 Å². The first kappa shape index (κ1) is 12.7. The van der Waals surface area contributed by atoms with Crippen molar-refractivity contribution < 1.29 is 9.36 Å². The van der Waals surface area contributed by atoms with Gasteiger partial charge in [0.25, 0.3) is 5.91 Å². The fraction of sp³-hybridized carbons (Fsp3) is 0.538. The van der Waals surface area contributed by atoms with E-state index in [9.17, 15) is 4.79 Å². The van der Waals surface area contributed by atoms with Crippen LogP contribution >= 0.6 is 0 Å². The van der Waals surface area contributed by atoms with Crippen molar-refractivity contribution >= 4 is 5.91 Å². The van der Waals surface area contributed by atoms with Gasteiger partial charge in [0, 0.05) is 24.6 Å². The van der Waals surface area contributed by atoms with Crippen LogP contribution in [0, 0.1) is 6.92 Å². The Morgan fingerprint density at radius 1 is 1.44 bits per heavy atom. The minimum atomic E-state index is 0.0661. The summed E-state index contributed by atoms with van der Waals surface area (Å²) in [6.07, 6.45) is 3.04. The van der Waals surface area contributed by atoms with Gasteiger partial charge in [-0.25, -0.2) is 0 Å². The molecule has 0 bridgehead atoms. The zero-order chi connectivity index (χ0) is 12.1. The quantitative estimate of drug-likeness (QED) is 0.765. The second-order valence-corrected chi connectivity index (χ2v) is 4.38. The third kappa shape index (κ3) is 3.65. The Morgan fingerprint density at radius 2 is 2.12 bits per heavy atom. The zero-order valence-electron chi connectivity index (χ0n) is 10.6. The highest BCUT2D eigenvalue weighted by atomic mass is 16.2. The number of aromatic nitrogens is 1. The normalized spacial score (nSPS) is 10.6. The monoisotopic (exact) mass is 221 g/mol. The molecule has 16 heavy (non-hydrogen) atoms. The van der Waals surface area contributed by atoms with Crippen LogP contribution < -0.4 is 9.88 Å². The first-order valence-corrected chi connectivity index (χ1v) is 5.81. The lowest BCUT2D eigenvalue weighted by Crippen LogP contribution is -2.46. The Hall–Kier alpha value is -1.38. The van der Waals surface area contributed by atoms with E-state index in [4.69, 9.17) is 0 Å². The molecule has 1 N–H and O–H groups in total. The topological polar surface area (TPSA) is 33.0 Å². The van der Waals surface area contributed by atoms with Gasteiger partial charge in [-0.2, -0.15) is 4.57 Å². The summed E-state index contributed by atoms with van der Waals surface area (Å²) < 4.78 is 2.00. The van der Waals surface area contributed by atoms with Crippen LogP contribution in [0.3, 0.4) is 0 Å². The highest BCUT2D eigenvalue weighted by Gasteiger charge is 2.13. The Morgan fingerprint density at radius 3 is 2.69 bits per heavy atom. The average Bonchev–Trinajstić information content (AvgIpc) is 2.20. The Labute approximate surface area is 97.5 Å². The standard InChI is InChI=1S/C13H20N2O/c1-5-12-7-6-11(4)15(8-12)9-13(16)14-10(2)3/h6-8,10H,5,9H2,1-4H3/p+1. The van der Waals surface area contributed by atoms with Crippen LogP contribution in [0.1, 0.15) is 32.0 Å². The van der Waals surface area contributed by atoms with E-state index in [0.29, 0.717) is 6.54 Å². The third-order valence-electron chi connectivity index (χ3n) is 2.49. The van der Waals surface area contributed by atoms with Gasteiger partial charge >= 0.3 is 0 Å². The van der Waals surface area contributed by atoms with Crippen LogP contribution in [-0.2, 0) is 17.8 Å². The van der Waals surface area contributed by atoms with Crippen LogP contribution in [0.4, 0.5) is 0 Å².